The zero-order chi connectivity index (χ0) is 15.7. The van der Waals surface area contributed by atoms with Crippen LogP contribution in [0.15, 0.2) is 29.2 Å². The van der Waals surface area contributed by atoms with Gasteiger partial charge in [-0.2, -0.15) is 0 Å². The van der Waals surface area contributed by atoms with Crippen LogP contribution in [0.5, 0.6) is 0 Å². The number of nitrogens with one attached hydrogen (secondary N) is 1. The Bertz CT molecular complexity index is 779. The topological polar surface area (TPSA) is 71.3 Å². The Morgan fingerprint density at radius 2 is 2.27 bits per heavy atom. The van der Waals surface area contributed by atoms with Crippen LogP contribution in [0.1, 0.15) is 23.2 Å². The summed E-state index contributed by atoms with van der Waals surface area (Å²) >= 11 is 2.14. The molecule has 1 aromatic carbocycles. The van der Waals surface area contributed by atoms with Gasteiger partial charge in [-0.25, -0.2) is 4.79 Å². The summed E-state index contributed by atoms with van der Waals surface area (Å²) in [6.45, 7) is 2.70. The highest BCUT2D eigenvalue weighted by Gasteiger charge is 2.18. The molecule has 0 bridgehead atoms. The molecule has 6 heteroatoms. The molecule has 1 atom stereocenters. The average molecular weight is 412 g/mol. The third-order valence-electron chi connectivity index (χ3n) is 4.13. The second-order valence-electron chi connectivity index (χ2n) is 5.70. The maximum absolute atomic E-state index is 12.4. The molecule has 2 heterocycles. The predicted molar refractivity (Wildman–Crippen MR) is 93.5 cm³/mol. The van der Waals surface area contributed by atoms with Crippen LogP contribution in [-0.2, 0) is 6.54 Å². The molecule has 0 radical (unpaired) electrons. The van der Waals surface area contributed by atoms with Crippen molar-refractivity contribution in [2.75, 3.05) is 13.1 Å². The van der Waals surface area contributed by atoms with E-state index in [1.54, 1.807) is 6.07 Å². The van der Waals surface area contributed by atoms with E-state index in [-0.39, 0.29) is 5.56 Å². The van der Waals surface area contributed by atoms with Crippen LogP contribution in [0.2, 0.25) is 0 Å². The lowest BCUT2D eigenvalue weighted by atomic mass is 9.99. The third-order valence-corrected chi connectivity index (χ3v) is 4.80. The van der Waals surface area contributed by atoms with Crippen LogP contribution in [0, 0.1) is 9.49 Å². The van der Waals surface area contributed by atoms with Gasteiger partial charge in [0.05, 0.1) is 5.52 Å². The van der Waals surface area contributed by atoms with Gasteiger partial charge in [-0.15, -0.1) is 0 Å². The number of hydrogen-bond acceptors (Lipinski definition) is 3. The number of carboxylic acids is 1. The summed E-state index contributed by atoms with van der Waals surface area (Å²) in [5.41, 5.74) is 0.248. The minimum Gasteiger partial charge on any atom is -0.477 e. The van der Waals surface area contributed by atoms with Gasteiger partial charge in [0.15, 0.2) is 0 Å². The Kier molecular flexibility index (Phi) is 4.49. The van der Waals surface area contributed by atoms with Crippen molar-refractivity contribution in [2.45, 2.75) is 19.4 Å². The highest BCUT2D eigenvalue weighted by atomic mass is 127. The van der Waals surface area contributed by atoms with Gasteiger partial charge < -0.3 is 15.0 Å². The number of hydrogen-bond donors (Lipinski definition) is 2. The van der Waals surface area contributed by atoms with E-state index in [2.05, 4.69) is 27.9 Å². The van der Waals surface area contributed by atoms with Gasteiger partial charge in [0.1, 0.15) is 5.56 Å². The van der Waals surface area contributed by atoms with E-state index >= 15 is 0 Å². The number of benzene rings is 1. The fourth-order valence-corrected chi connectivity index (χ4v) is 3.52. The van der Waals surface area contributed by atoms with Crippen molar-refractivity contribution in [1.82, 2.24) is 9.88 Å². The molecule has 1 aromatic heterocycles. The van der Waals surface area contributed by atoms with Crippen molar-refractivity contribution in [3.05, 3.63) is 43.8 Å². The minimum absolute atomic E-state index is 0.154. The van der Waals surface area contributed by atoms with Crippen LogP contribution in [0.25, 0.3) is 10.9 Å². The van der Waals surface area contributed by atoms with Gasteiger partial charge in [-0.1, -0.05) is 0 Å². The van der Waals surface area contributed by atoms with Crippen molar-refractivity contribution >= 4 is 39.5 Å². The number of nitrogens with zero attached hydrogens (tertiary/aromatic N) is 1. The number of carboxylic acid groups (broad SMARTS) is 1. The molecule has 1 aliphatic rings. The van der Waals surface area contributed by atoms with E-state index < -0.39 is 11.4 Å². The average Bonchev–Trinajstić information content (AvgIpc) is 2.51. The van der Waals surface area contributed by atoms with Crippen LogP contribution in [0.4, 0.5) is 0 Å². The fraction of sp³-hybridized carbons (Fsp3) is 0.375. The number of rotatable bonds is 3. The summed E-state index contributed by atoms with van der Waals surface area (Å²) in [5, 5.41) is 13.1. The van der Waals surface area contributed by atoms with Crippen LogP contribution in [0.3, 0.4) is 0 Å². The van der Waals surface area contributed by atoms with E-state index in [4.69, 9.17) is 0 Å². The van der Waals surface area contributed by atoms with E-state index in [1.165, 1.54) is 6.20 Å². The first-order valence-corrected chi connectivity index (χ1v) is 8.41. The van der Waals surface area contributed by atoms with Gasteiger partial charge >= 0.3 is 5.97 Å². The van der Waals surface area contributed by atoms with Gasteiger partial charge in [0, 0.05) is 21.7 Å². The van der Waals surface area contributed by atoms with Crippen LogP contribution < -0.4 is 10.7 Å². The predicted octanol–water partition coefficient (Wildman–Crippen LogP) is 2.30. The zero-order valence-corrected chi connectivity index (χ0v) is 14.2. The Morgan fingerprint density at radius 1 is 1.45 bits per heavy atom. The lowest BCUT2D eigenvalue weighted by molar-refractivity contribution is 0.0694. The molecule has 2 aromatic rings. The maximum Gasteiger partial charge on any atom is 0.341 e. The molecule has 5 nitrogen and oxygen atoms in total. The standard InChI is InChI=1S/C16H17IN2O3/c17-11-3-4-14-12(6-11)15(20)13(16(21)22)9-19(14)8-10-2-1-5-18-7-10/h3-4,6,9-10,18H,1-2,5,7-8H2,(H,21,22). The van der Waals surface area contributed by atoms with Gasteiger partial charge in [0.2, 0.25) is 5.43 Å². The lowest BCUT2D eigenvalue weighted by Gasteiger charge is -2.24. The van der Waals surface area contributed by atoms with Crippen molar-refractivity contribution in [3.63, 3.8) is 0 Å². The highest BCUT2D eigenvalue weighted by molar-refractivity contribution is 14.1. The van der Waals surface area contributed by atoms with Crippen molar-refractivity contribution in [1.29, 1.82) is 0 Å². The molecule has 3 rings (SSSR count). The first kappa shape index (κ1) is 15.5. The van der Waals surface area contributed by atoms with Gasteiger partial charge in [-0.3, -0.25) is 4.79 Å². The molecule has 1 fully saturated rings. The quantitative estimate of drug-likeness (QED) is 0.760. The number of aromatic nitrogens is 1. The van der Waals surface area contributed by atoms with Gasteiger partial charge in [-0.05, 0) is 72.6 Å². The minimum atomic E-state index is -1.17. The largest absolute Gasteiger partial charge is 0.477 e. The number of carbonyl (C=O) groups is 1. The molecule has 0 aliphatic carbocycles. The maximum atomic E-state index is 12.4. The second kappa shape index (κ2) is 6.37. The van der Waals surface area contributed by atoms with Crippen LogP contribution in [-0.4, -0.2) is 28.7 Å². The van der Waals surface area contributed by atoms with Gasteiger partial charge in [0.25, 0.3) is 0 Å². The highest BCUT2D eigenvalue weighted by Crippen LogP contribution is 2.19. The molecule has 1 unspecified atom stereocenters. The van der Waals surface area contributed by atoms with Crippen molar-refractivity contribution in [3.8, 4) is 0 Å². The second-order valence-corrected chi connectivity index (χ2v) is 6.95. The van der Waals surface area contributed by atoms with E-state index in [1.807, 2.05) is 16.7 Å². The number of fused-ring (bicyclic) bond motifs is 1. The summed E-state index contributed by atoms with van der Waals surface area (Å²) in [5.74, 6) is -0.707. The molecule has 0 spiro atoms. The summed E-state index contributed by atoms with van der Waals surface area (Å²) in [7, 11) is 0. The van der Waals surface area contributed by atoms with Crippen molar-refractivity contribution in [2.24, 2.45) is 5.92 Å². The van der Waals surface area contributed by atoms with Crippen molar-refractivity contribution < 1.29 is 9.90 Å². The summed E-state index contributed by atoms with van der Waals surface area (Å²) < 4.78 is 2.85. The SMILES string of the molecule is O=C(O)c1cn(CC2CCCNC2)c2ccc(I)cc2c1=O. The Hall–Kier alpha value is -1.41. The molecule has 116 valence electrons. The molecule has 1 aliphatic heterocycles. The molecule has 2 N–H and O–H groups in total. The first-order chi connectivity index (χ1) is 10.6. The molecule has 1 saturated heterocycles. The zero-order valence-electron chi connectivity index (χ0n) is 12.0. The third kappa shape index (κ3) is 3.03. The normalized spacial score (nSPS) is 18.5. The Morgan fingerprint density at radius 3 is 2.95 bits per heavy atom. The monoisotopic (exact) mass is 412 g/mol. The number of pyridine rings is 1. The summed E-state index contributed by atoms with van der Waals surface area (Å²) in [4.78, 5) is 23.7. The summed E-state index contributed by atoms with van der Waals surface area (Å²) in [6.07, 6.45) is 3.74. The molecular weight excluding hydrogens is 395 g/mol. The number of aromatic carboxylic acids is 1. The van der Waals surface area contributed by atoms with E-state index in [0.29, 0.717) is 11.3 Å². The Labute approximate surface area is 141 Å². The smallest absolute Gasteiger partial charge is 0.341 e. The molecule has 0 amide bonds. The molecule has 22 heavy (non-hydrogen) atoms. The Balaban J connectivity index is 2.13. The fourth-order valence-electron chi connectivity index (χ4n) is 3.03. The molecule has 0 saturated carbocycles. The van der Waals surface area contributed by atoms with E-state index in [0.717, 1.165) is 41.6 Å². The lowest BCUT2D eigenvalue weighted by Crippen LogP contribution is -2.32. The van der Waals surface area contributed by atoms with E-state index in [9.17, 15) is 14.7 Å². The first-order valence-electron chi connectivity index (χ1n) is 7.33. The number of piperidine rings is 1. The molecular formula is C16H17IN2O3. The number of halogens is 1. The summed E-state index contributed by atoms with van der Waals surface area (Å²) in [6, 6.07) is 5.61. The van der Waals surface area contributed by atoms with Crippen LogP contribution >= 0.6 is 22.6 Å².